The topological polar surface area (TPSA) is 62.2 Å². The number of benzene rings is 1. The third-order valence-corrected chi connectivity index (χ3v) is 10.5. The Kier molecular flexibility index (Phi) is 5.67. The van der Waals surface area contributed by atoms with Crippen molar-refractivity contribution < 1.29 is 19.7 Å². The molecule has 4 aliphatic carbocycles. The SMILES string of the molecule is CC#C[C@@]1(O)CC[C@H]2[C@@H]3CC[C@]4(O)CC5(CCC4=C3[C@H](c3ccc(N(C)C)cc3)C[C@@]21C)OCCO5. The molecule has 0 amide bonds. The van der Waals surface area contributed by atoms with E-state index in [2.05, 4.69) is 62.0 Å². The standard InChI is InChI=1S/C31H41NO4/c1-5-13-30(34)15-11-25-23-10-14-29(33)20-31(35-17-18-36-31)16-12-26(29)27(23)24(19-28(25,30)2)21-6-8-22(9-7-21)32(3)4/h6-9,23-25,33-34H,10-12,14-20H2,1-4H3/t23-,24-,25-,28-,29-,30+/m0/s1. The van der Waals surface area contributed by atoms with Crippen molar-refractivity contribution in [3.05, 3.63) is 41.0 Å². The highest BCUT2D eigenvalue weighted by atomic mass is 16.7. The molecule has 1 aromatic carbocycles. The summed E-state index contributed by atoms with van der Waals surface area (Å²) in [5.74, 6) is 6.58. The van der Waals surface area contributed by atoms with Gasteiger partial charge in [-0.2, -0.15) is 0 Å². The Morgan fingerprint density at radius 1 is 1.00 bits per heavy atom. The second-order valence-corrected chi connectivity index (χ2v) is 12.4. The Balaban J connectivity index is 1.48. The number of aliphatic hydroxyl groups is 2. The maximum Gasteiger partial charge on any atom is 0.171 e. The molecule has 0 unspecified atom stereocenters. The van der Waals surface area contributed by atoms with Gasteiger partial charge in [0.2, 0.25) is 0 Å². The minimum atomic E-state index is -0.958. The molecule has 1 heterocycles. The summed E-state index contributed by atoms with van der Waals surface area (Å²) >= 11 is 0. The second kappa shape index (κ2) is 8.33. The number of ether oxygens (including phenoxy) is 2. The van der Waals surface area contributed by atoms with E-state index in [1.807, 2.05) is 6.92 Å². The lowest BCUT2D eigenvalue weighted by atomic mass is 9.49. The highest BCUT2D eigenvalue weighted by Crippen LogP contribution is 2.67. The lowest BCUT2D eigenvalue weighted by Gasteiger charge is -2.57. The van der Waals surface area contributed by atoms with Crippen LogP contribution in [0.1, 0.15) is 76.7 Å². The van der Waals surface area contributed by atoms with E-state index < -0.39 is 17.0 Å². The van der Waals surface area contributed by atoms with Gasteiger partial charge in [-0.25, -0.2) is 0 Å². The highest BCUT2D eigenvalue weighted by molar-refractivity contribution is 5.50. The van der Waals surface area contributed by atoms with Gasteiger partial charge in [0.05, 0.1) is 18.8 Å². The van der Waals surface area contributed by atoms with Gasteiger partial charge in [-0.15, -0.1) is 5.92 Å². The molecule has 1 spiro atoms. The van der Waals surface area contributed by atoms with Gasteiger partial charge >= 0.3 is 0 Å². The summed E-state index contributed by atoms with van der Waals surface area (Å²) in [6.07, 6.45) is 6.41. The zero-order chi connectivity index (χ0) is 25.3. The fourth-order valence-electron chi connectivity index (χ4n) is 8.73. The Morgan fingerprint density at radius 3 is 2.39 bits per heavy atom. The van der Waals surface area contributed by atoms with Crippen molar-refractivity contribution in [1.82, 2.24) is 0 Å². The van der Waals surface area contributed by atoms with Crippen LogP contribution in [0.25, 0.3) is 0 Å². The van der Waals surface area contributed by atoms with E-state index in [0.29, 0.717) is 31.5 Å². The summed E-state index contributed by atoms with van der Waals surface area (Å²) in [6.45, 7) is 5.36. The molecule has 0 aromatic heterocycles. The first-order valence-corrected chi connectivity index (χ1v) is 13.8. The number of hydrogen-bond acceptors (Lipinski definition) is 5. The summed E-state index contributed by atoms with van der Waals surface area (Å²) < 4.78 is 12.1. The fourth-order valence-corrected chi connectivity index (χ4v) is 8.73. The van der Waals surface area contributed by atoms with Gasteiger partial charge in [-0.1, -0.05) is 30.6 Å². The van der Waals surface area contributed by atoms with Gasteiger partial charge in [0.15, 0.2) is 5.79 Å². The van der Waals surface area contributed by atoms with Gasteiger partial charge in [0, 0.05) is 44.0 Å². The number of rotatable bonds is 2. The van der Waals surface area contributed by atoms with E-state index >= 15 is 0 Å². The molecular formula is C31H41NO4. The van der Waals surface area contributed by atoms with Crippen molar-refractivity contribution in [2.45, 2.75) is 88.1 Å². The molecule has 0 bridgehead atoms. The number of hydrogen-bond donors (Lipinski definition) is 2. The molecule has 1 aliphatic heterocycles. The van der Waals surface area contributed by atoms with E-state index in [9.17, 15) is 10.2 Å². The zero-order valence-corrected chi connectivity index (χ0v) is 22.3. The van der Waals surface area contributed by atoms with Crippen molar-refractivity contribution >= 4 is 5.69 Å². The van der Waals surface area contributed by atoms with Crippen LogP contribution in [0, 0.1) is 29.1 Å². The lowest BCUT2D eigenvalue weighted by Crippen LogP contribution is -2.55. The van der Waals surface area contributed by atoms with Crippen LogP contribution < -0.4 is 4.90 Å². The summed E-state index contributed by atoms with van der Waals surface area (Å²) in [5.41, 5.74) is 3.04. The van der Waals surface area contributed by atoms with Crippen molar-refractivity contribution in [1.29, 1.82) is 0 Å². The van der Waals surface area contributed by atoms with Crippen molar-refractivity contribution in [2.24, 2.45) is 17.3 Å². The Bertz CT molecular complexity index is 1120. The zero-order valence-electron chi connectivity index (χ0n) is 22.3. The van der Waals surface area contributed by atoms with Gasteiger partial charge in [0.25, 0.3) is 0 Å². The molecule has 194 valence electrons. The molecule has 1 saturated heterocycles. The maximum atomic E-state index is 12.1. The second-order valence-electron chi connectivity index (χ2n) is 12.4. The quantitative estimate of drug-likeness (QED) is 0.461. The number of fused-ring (bicyclic) bond motifs is 4. The van der Waals surface area contributed by atoms with E-state index in [1.165, 1.54) is 22.4 Å². The highest BCUT2D eigenvalue weighted by Gasteiger charge is 2.64. The largest absolute Gasteiger partial charge is 0.385 e. The van der Waals surface area contributed by atoms with Crippen molar-refractivity contribution in [3.63, 3.8) is 0 Å². The van der Waals surface area contributed by atoms with Crippen LogP contribution in [0.3, 0.4) is 0 Å². The van der Waals surface area contributed by atoms with E-state index in [-0.39, 0.29) is 11.3 Å². The van der Waals surface area contributed by atoms with Crippen molar-refractivity contribution in [3.8, 4) is 11.8 Å². The monoisotopic (exact) mass is 491 g/mol. The first-order valence-electron chi connectivity index (χ1n) is 13.8. The van der Waals surface area contributed by atoms with E-state index in [0.717, 1.165) is 44.9 Å². The predicted octanol–water partition coefficient (Wildman–Crippen LogP) is 4.78. The molecule has 5 heteroatoms. The molecule has 4 fully saturated rings. The Labute approximate surface area is 215 Å². The van der Waals surface area contributed by atoms with Gasteiger partial charge in [-0.05, 0) is 80.6 Å². The summed E-state index contributed by atoms with van der Waals surface area (Å²) in [4.78, 5) is 2.13. The van der Waals surface area contributed by atoms with Crippen LogP contribution >= 0.6 is 0 Å². The molecule has 0 radical (unpaired) electrons. The van der Waals surface area contributed by atoms with Crippen LogP contribution in [-0.2, 0) is 9.47 Å². The summed E-state index contributed by atoms with van der Waals surface area (Å²) in [5, 5.41) is 24.0. The third kappa shape index (κ3) is 3.45. The molecule has 36 heavy (non-hydrogen) atoms. The minimum absolute atomic E-state index is 0.164. The lowest BCUT2D eigenvalue weighted by molar-refractivity contribution is -0.208. The predicted molar refractivity (Wildman–Crippen MR) is 141 cm³/mol. The van der Waals surface area contributed by atoms with Crippen LogP contribution in [0.2, 0.25) is 0 Å². The Morgan fingerprint density at radius 2 is 1.72 bits per heavy atom. The van der Waals surface area contributed by atoms with E-state index in [4.69, 9.17) is 9.47 Å². The number of nitrogens with zero attached hydrogens (tertiary/aromatic N) is 1. The molecule has 2 N–H and O–H groups in total. The smallest absolute Gasteiger partial charge is 0.171 e. The summed E-state index contributed by atoms with van der Waals surface area (Å²) in [6, 6.07) is 8.91. The fraction of sp³-hybridized carbons (Fsp3) is 0.677. The van der Waals surface area contributed by atoms with Crippen molar-refractivity contribution in [2.75, 3.05) is 32.2 Å². The number of anilines is 1. The van der Waals surface area contributed by atoms with Gasteiger partial charge in [-0.3, -0.25) is 0 Å². The molecule has 1 aromatic rings. The Hall–Kier alpha value is -1.84. The number of allylic oxidation sites excluding steroid dienone is 1. The molecular weight excluding hydrogens is 450 g/mol. The first kappa shape index (κ1) is 24.5. The van der Waals surface area contributed by atoms with Crippen LogP contribution in [0.15, 0.2) is 35.4 Å². The van der Waals surface area contributed by atoms with Gasteiger partial charge in [0.1, 0.15) is 5.60 Å². The average Bonchev–Trinajstić information content (AvgIpc) is 3.40. The average molecular weight is 492 g/mol. The first-order chi connectivity index (χ1) is 17.1. The normalized spacial score (nSPS) is 40.8. The van der Waals surface area contributed by atoms with Crippen LogP contribution in [-0.4, -0.2) is 54.5 Å². The minimum Gasteiger partial charge on any atom is -0.385 e. The summed E-state index contributed by atoms with van der Waals surface area (Å²) in [7, 11) is 4.13. The maximum absolute atomic E-state index is 12.1. The van der Waals surface area contributed by atoms with Crippen LogP contribution in [0.5, 0.6) is 0 Å². The molecule has 6 rings (SSSR count). The molecule has 3 saturated carbocycles. The van der Waals surface area contributed by atoms with Crippen LogP contribution in [0.4, 0.5) is 5.69 Å². The van der Waals surface area contributed by atoms with Gasteiger partial charge < -0.3 is 24.6 Å². The molecule has 5 aliphatic rings. The molecule has 5 nitrogen and oxygen atoms in total. The van der Waals surface area contributed by atoms with E-state index in [1.54, 1.807) is 0 Å². The molecule has 6 atom stereocenters. The third-order valence-electron chi connectivity index (χ3n) is 10.5.